The number of fused-ring (bicyclic) bond motifs is 2. The Balaban J connectivity index is 1.88. The summed E-state index contributed by atoms with van der Waals surface area (Å²) in [5.74, 6) is 2.06. The molecule has 3 saturated carbocycles. The molecule has 1 aromatic carbocycles. The molecule has 27 heavy (non-hydrogen) atoms. The molecule has 0 bridgehead atoms. The molecule has 0 aliphatic heterocycles. The standard InChI is InChI=1S/C25H34O2/c1-18(2)24(26)27-25(21-12-4-3-5-13-21)22-14-8-6-10-19(22)16-17-20-11-7-9-15-23(20)25/h3-5,12-13,19-20,22-23H,1,6-11,14-17H2,2H3. The molecule has 0 radical (unpaired) electrons. The Kier molecular flexibility index (Phi) is 5.43. The molecule has 0 N–H and O–H groups in total. The Morgan fingerprint density at radius 3 is 1.93 bits per heavy atom. The summed E-state index contributed by atoms with van der Waals surface area (Å²) in [6, 6.07) is 10.7. The van der Waals surface area contributed by atoms with Crippen molar-refractivity contribution < 1.29 is 9.53 Å². The van der Waals surface area contributed by atoms with Crippen molar-refractivity contribution in [2.45, 2.75) is 76.7 Å². The Morgan fingerprint density at radius 1 is 0.889 bits per heavy atom. The van der Waals surface area contributed by atoms with Crippen molar-refractivity contribution in [3.05, 3.63) is 48.0 Å². The molecule has 0 aromatic heterocycles. The molecule has 4 unspecified atom stereocenters. The third-order valence-electron chi connectivity index (χ3n) is 7.66. The lowest BCUT2D eigenvalue weighted by Gasteiger charge is -2.51. The largest absolute Gasteiger partial charge is 0.450 e. The second-order valence-electron chi connectivity index (χ2n) is 9.21. The monoisotopic (exact) mass is 366 g/mol. The first-order chi connectivity index (χ1) is 13.1. The second kappa shape index (κ2) is 7.81. The number of esters is 1. The minimum absolute atomic E-state index is 0.200. The van der Waals surface area contributed by atoms with E-state index in [1.807, 2.05) is 0 Å². The highest BCUT2D eigenvalue weighted by atomic mass is 16.6. The van der Waals surface area contributed by atoms with E-state index in [4.69, 9.17) is 4.74 Å². The smallest absolute Gasteiger partial charge is 0.334 e. The van der Waals surface area contributed by atoms with Crippen molar-refractivity contribution in [1.82, 2.24) is 0 Å². The van der Waals surface area contributed by atoms with Crippen LogP contribution in [0.3, 0.4) is 0 Å². The first kappa shape index (κ1) is 18.8. The van der Waals surface area contributed by atoms with Crippen LogP contribution in [0.15, 0.2) is 42.5 Å². The first-order valence-corrected chi connectivity index (χ1v) is 11.1. The van der Waals surface area contributed by atoms with Gasteiger partial charge in [-0.1, -0.05) is 75.4 Å². The number of hydrogen-bond donors (Lipinski definition) is 0. The normalized spacial score (nSPS) is 36.0. The second-order valence-corrected chi connectivity index (χ2v) is 9.21. The molecule has 3 fully saturated rings. The zero-order valence-corrected chi connectivity index (χ0v) is 16.8. The summed E-state index contributed by atoms with van der Waals surface area (Å²) >= 11 is 0. The van der Waals surface area contributed by atoms with Gasteiger partial charge in [0.15, 0.2) is 0 Å². The number of carbonyl (C=O) groups is 1. The van der Waals surface area contributed by atoms with E-state index in [0.29, 0.717) is 29.2 Å². The van der Waals surface area contributed by atoms with E-state index in [0.717, 1.165) is 0 Å². The van der Waals surface area contributed by atoms with Crippen molar-refractivity contribution in [2.75, 3.05) is 0 Å². The van der Waals surface area contributed by atoms with Gasteiger partial charge in [0.2, 0.25) is 0 Å². The molecular formula is C25H34O2. The third-order valence-corrected chi connectivity index (χ3v) is 7.66. The number of hydrogen-bond acceptors (Lipinski definition) is 2. The molecule has 0 amide bonds. The molecule has 2 heteroatoms. The van der Waals surface area contributed by atoms with Gasteiger partial charge in [-0.05, 0) is 50.0 Å². The van der Waals surface area contributed by atoms with Crippen LogP contribution in [0.1, 0.15) is 76.7 Å². The molecule has 4 atom stereocenters. The average molecular weight is 367 g/mol. The first-order valence-electron chi connectivity index (χ1n) is 11.1. The maximum atomic E-state index is 12.9. The molecule has 3 aliphatic rings. The van der Waals surface area contributed by atoms with Gasteiger partial charge < -0.3 is 4.74 Å². The Hall–Kier alpha value is -1.57. The van der Waals surface area contributed by atoms with Crippen molar-refractivity contribution in [1.29, 1.82) is 0 Å². The lowest BCUT2D eigenvalue weighted by atomic mass is 9.60. The van der Waals surface area contributed by atoms with Gasteiger partial charge in [-0.3, -0.25) is 0 Å². The summed E-state index contributed by atoms with van der Waals surface area (Å²) in [4.78, 5) is 12.9. The molecule has 2 nitrogen and oxygen atoms in total. The van der Waals surface area contributed by atoms with E-state index >= 15 is 0 Å². The molecule has 0 heterocycles. The van der Waals surface area contributed by atoms with Gasteiger partial charge in [-0.15, -0.1) is 0 Å². The Morgan fingerprint density at radius 2 is 1.41 bits per heavy atom. The fourth-order valence-corrected chi connectivity index (χ4v) is 6.52. The van der Waals surface area contributed by atoms with Crippen molar-refractivity contribution >= 4 is 5.97 Å². The molecule has 4 rings (SSSR count). The Labute approximate surface area is 164 Å². The Bertz CT molecular complexity index is 653. The van der Waals surface area contributed by atoms with E-state index in [-0.39, 0.29) is 5.97 Å². The van der Waals surface area contributed by atoms with Crippen LogP contribution in [0, 0.1) is 23.7 Å². The highest BCUT2D eigenvalue weighted by molar-refractivity contribution is 5.87. The van der Waals surface area contributed by atoms with E-state index in [1.54, 1.807) is 6.92 Å². The van der Waals surface area contributed by atoms with E-state index in [9.17, 15) is 4.79 Å². The van der Waals surface area contributed by atoms with Gasteiger partial charge in [0.1, 0.15) is 5.60 Å². The summed E-state index contributed by atoms with van der Waals surface area (Å²) in [7, 11) is 0. The minimum Gasteiger partial charge on any atom is -0.450 e. The summed E-state index contributed by atoms with van der Waals surface area (Å²) < 4.78 is 6.61. The third kappa shape index (κ3) is 3.37. The summed E-state index contributed by atoms with van der Waals surface area (Å²) in [6.45, 7) is 5.69. The topological polar surface area (TPSA) is 26.3 Å². The number of carbonyl (C=O) groups excluding carboxylic acids is 1. The maximum Gasteiger partial charge on any atom is 0.334 e. The van der Waals surface area contributed by atoms with Crippen molar-refractivity contribution in [3.63, 3.8) is 0 Å². The predicted molar refractivity (Wildman–Crippen MR) is 109 cm³/mol. The summed E-state index contributed by atoms with van der Waals surface area (Å²) in [5, 5.41) is 0. The van der Waals surface area contributed by atoms with Crippen molar-refractivity contribution in [2.24, 2.45) is 23.7 Å². The summed E-state index contributed by atoms with van der Waals surface area (Å²) in [5.41, 5.74) is 1.29. The lowest BCUT2D eigenvalue weighted by Crippen LogP contribution is -2.51. The van der Waals surface area contributed by atoms with Crippen LogP contribution in [0.5, 0.6) is 0 Å². The van der Waals surface area contributed by atoms with Gasteiger partial charge in [-0.25, -0.2) is 4.79 Å². The fraction of sp³-hybridized carbons (Fsp3) is 0.640. The van der Waals surface area contributed by atoms with Crippen LogP contribution in [0.4, 0.5) is 0 Å². The molecule has 146 valence electrons. The minimum atomic E-state index is -0.468. The zero-order chi connectivity index (χ0) is 18.9. The SMILES string of the molecule is C=C(C)C(=O)OC1(c2ccccc2)C2CCCCC2CCC2CCCCC21. The number of benzene rings is 1. The van der Waals surface area contributed by atoms with Crippen LogP contribution < -0.4 is 0 Å². The van der Waals surface area contributed by atoms with Crippen LogP contribution in [0.2, 0.25) is 0 Å². The van der Waals surface area contributed by atoms with Crippen LogP contribution in [-0.2, 0) is 15.1 Å². The van der Waals surface area contributed by atoms with Gasteiger partial charge >= 0.3 is 5.97 Å². The number of rotatable bonds is 3. The van der Waals surface area contributed by atoms with Crippen molar-refractivity contribution in [3.8, 4) is 0 Å². The number of ether oxygens (including phenoxy) is 1. The van der Waals surface area contributed by atoms with Gasteiger partial charge in [0, 0.05) is 17.4 Å². The zero-order valence-electron chi connectivity index (χ0n) is 16.8. The van der Waals surface area contributed by atoms with Gasteiger partial charge in [0.25, 0.3) is 0 Å². The van der Waals surface area contributed by atoms with Crippen LogP contribution in [-0.4, -0.2) is 5.97 Å². The van der Waals surface area contributed by atoms with E-state index in [2.05, 4.69) is 36.9 Å². The lowest BCUT2D eigenvalue weighted by molar-refractivity contribution is -0.186. The highest BCUT2D eigenvalue weighted by Crippen LogP contribution is 2.58. The molecule has 0 saturated heterocycles. The summed E-state index contributed by atoms with van der Waals surface area (Å²) in [6.07, 6.45) is 12.8. The molecule has 3 aliphatic carbocycles. The average Bonchev–Trinajstić information content (AvgIpc) is 2.85. The highest BCUT2D eigenvalue weighted by Gasteiger charge is 2.57. The van der Waals surface area contributed by atoms with E-state index < -0.39 is 5.60 Å². The molecule has 0 spiro atoms. The van der Waals surface area contributed by atoms with Gasteiger partial charge in [0.05, 0.1) is 0 Å². The quantitative estimate of drug-likeness (QED) is 0.456. The predicted octanol–water partition coefficient (Wildman–Crippen LogP) is 6.41. The maximum absolute atomic E-state index is 12.9. The van der Waals surface area contributed by atoms with Crippen LogP contribution in [0.25, 0.3) is 0 Å². The molecule has 1 aromatic rings. The van der Waals surface area contributed by atoms with E-state index in [1.165, 1.54) is 69.8 Å². The molecular weight excluding hydrogens is 332 g/mol. The van der Waals surface area contributed by atoms with Gasteiger partial charge in [-0.2, -0.15) is 0 Å². The van der Waals surface area contributed by atoms with Crippen LogP contribution >= 0.6 is 0 Å². The fourth-order valence-electron chi connectivity index (χ4n) is 6.52.